The van der Waals surface area contributed by atoms with Crippen molar-refractivity contribution in [3.05, 3.63) is 47.6 Å². The molecule has 1 fully saturated rings. The fraction of sp³-hybridized carbons (Fsp3) is 0.312. The lowest BCUT2D eigenvalue weighted by Crippen LogP contribution is -2.28. The van der Waals surface area contributed by atoms with Crippen LogP contribution >= 0.6 is 11.3 Å². The van der Waals surface area contributed by atoms with E-state index < -0.39 is 0 Å². The van der Waals surface area contributed by atoms with E-state index in [2.05, 4.69) is 21.9 Å². The van der Waals surface area contributed by atoms with Gasteiger partial charge in [0, 0.05) is 18.1 Å². The Morgan fingerprint density at radius 3 is 3.14 bits per heavy atom. The van der Waals surface area contributed by atoms with Gasteiger partial charge in [0.1, 0.15) is 5.82 Å². The molecule has 1 aliphatic rings. The molecule has 0 aromatic carbocycles. The quantitative estimate of drug-likeness (QED) is 0.878. The second-order valence-electron chi connectivity index (χ2n) is 5.32. The number of anilines is 2. The second-order valence-corrected chi connectivity index (χ2v) is 6.18. The summed E-state index contributed by atoms with van der Waals surface area (Å²) in [6.45, 7) is 6.35. The van der Waals surface area contributed by atoms with Crippen LogP contribution in [0.4, 0.5) is 10.9 Å². The Morgan fingerprint density at radius 1 is 1.55 bits per heavy atom. The number of thiazole rings is 1. The third-order valence-corrected chi connectivity index (χ3v) is 4.50. The number of aromatic nitrogens is 2. The number of pyridine rings is 1. The van der Waals surface area contributed by atoms with Crippen LogP contribution in [0.2, 0.25) is 0 Å². The maximum Gasteiger partial charge on any atom is 0.246 e. The van der Waals surface area contributed by atoms with E-state index in [0.717, 1.165) is 41.6 Å². The maximum atomic E-state index is 11.9. The highest BCUT2D eigenvalue weighted by Gasteiger charge is 2.30. The van der Waals surface area contributed by atoms with Crippen molar-refractivity contribution in [1.82, 2.24) is 14.9 Å². The first-order valence-corrected chi connectivity index (χ1v) is 8.13. The predicted molar refractivity (Wildman–Crippen MR) is 88.3 cm³/mol. The van der Waals surface area contributed by atoms with Gasteiger partial charge >= 0.3 is 0 Å². The lowest BCUT2D eigenvalue weighted by Gasteiger charge is -2.21. The van der Waals surface area contributed by atoms with Gasteiger partial charge in [-0.2, -0.15) is 0 Å². The fourth-order valence-corrected chi connectivity index (χ4v) is 3.37. The molecule has 0 aliphatic carbocycles. The number of hydrogen-bond donors (Lipinski definition) is 1. The van der Waals surface area contributed by atoms with Gasteiger partial charge in [-0.05, 0) is 37.5 Å². The van der Waals surface area contributed by atoms with Gasteiger partial charge in [-0.3, -0.25) is 4.79 Å². The minimum atomic E-state index is -0.0230. The van der Waals surface area contributed by atoms with E-state index in [9.17, 15) is 4.79 Å². The Labute approximate surface area is 133 Å². The van der Waals surface area contributed by atoms with Crippen molar-refractivity contribution in [2.75, 3.05) is 11.9 Å². The molecule has 1 N–H and O–H groups in total. The highest BCUT2D eigenvalue weighted by atomic mass is 32.1. The topological polar surface area (TPSA) is 58.1 Å². The van der Waals surface area contributed by atoms with Crippen LogP contribution in [0, 0.1) is 6.92 Å². The zero-order valence-corrected chi connectivity index (χ0v) is 13.3. The molecule has 2 aromatic rings. The second kappa shape index (κ2) is 6.27. The number of nitrogens with zero attached hydrogens (tertiary/aromatic N) is 3. The Hall–Kier alpha value is -2.21. The van der Waals surface area contributed by atoms with Crippen LogP contribution in [0.15, 0.2) is 36.4 Å². The molecule has 2 aromatic heterocycles. The van der Waals surface area contributed by atoms with E-state index in [1.807, 2.05) is 35.5 Å². The van der Waals surface area contributed by atoms with Gasteiger partial charge in [-0.1, -0.05) is 12.6 Å². The third kappa shape index (κ3) is 3.01. The van der Waals surface area contributed by atoms with Crippen LogP contribution in [-0.2, 0) is 4.79 Å². The molecule has 5 nitrogen and oxygen atoms in total. The van der Waals surface area contributed by atoms with Crippen molar-refractivity contribution in [2.45, 2.75) is 25.8 Å². The van der Waals surface area contributed by atoms with E-state index >= 15 is 0 Å². The van der Waals surface area contributed by atoms with Gasteiger partial charge in [0.15, 0.2) is 5.13 Å². The summed E-state index contributed by atoms with van der Waals surface area (Å²) in [5.74, 6) is 0.752. The summed E-state index contributed by atoms with van der Waals surface area (Å²) < 4.78 is 0. The number of likely N-dealkylation sites (tertiary alicyclic amines) is 1. The molecular formula is C16H18N4OS. The standard InChI is InChI=1S/C16H18N4OS/c1-3-15(21)20-8-4-5-13(20)12-10-22-16(18-12)19-14-7-6-11(2)9-17-14/h3,6-7,9-10,13H,1,4-5,8H2,2H3,(H,17,18,19)/t13-/m1/s1. The van der Waals surface area contributed by atoms with E-state index in [-0.39, 0.29) is 11.9 Å². The molecule has 0 bridgehead atoms. The molecular weight excluding hydrogens is 296 g/mol. The molecule has 0 unspecified atom stereocenters. The summed E-state index contributed by atoms with van der Waals surface area (Å²) in [7, 11) is 0. The summed E-state index contributed by atoms with van der Waals surface area (Å²) in [5, 5.41) is 6.01. The summed E-state index contributed by atoms with van der Waals surface area (Å²) in [4.78, 5) is 22.7. The number of rotatable bonds is 4. The molecule has 1 amide bonds. The number of hydrogen-bond acceptors (Lipinski definition) is 5. The molecule has 1 aliphatic heterocycles. The summed E-state index contributed by atoms with van der Waals surface area (Å²) in [5.41, 5.74) is 2.06. The zero-order valence-electron chi connectivity index (χ0n) is 12.5. The Bertz CT molecular complexity index is 680. The zero-order chi connectivity index (χ0) is 15.5. The number of nitrogens with one attached hydrogen (secondary N) is 1. The van der Waals surface area contributed by atoms with Crippen molar-refractivity contribution in [1.29, 1.82) is 0 Å². The lowest BCUT2D eigenvalue weighted by molar-refractivity contribution is -0.126. The smallest absolute Gasteiger partial charge is 0.246 e. The van der Waals surface area contributed by atoms with Crippen molar-refractivity contribution in [3.8, 4) is 0 Å². The first-order chi connectivity index (χ1) is 10.7. The molecule has 1 saturated heterocycles. The van der Waals surface area contributed by atoms with Gasteiger partial charge in [0.25, 0.3) is 0 Å². The molecule has 6 heteroatoms. The minimum Gasteiger partial charge on any atom is -0.331 e. The van der Waals surface area contributed by atoms with Gasteiger partial charge < -0.3 is 10.2 Å². The van der Waals surface area contributed by atoms with Crippen LogP contribution < -0.4 is 5.32 Å². The highest BCUT2D eigenvalue weighted by molar-refractivity contribution is 7.13. The molecule has 0 spiro atoms. The first kappa shape index (κ1) is 14.7. The van der Waals surface area contributed by atoms with E-state index in [4.69, 9.17) is 0 Å². The van der Waals surface area contributed by atoms with Gasteiger partial charge in [0.05, 0.1) is 11.7 Å². The Balaban J connectivity index is 1.74. The van der Waals surface area contributed by atoms with Crippen molar-refractivity contribution in [2.24, 2.45) is 0 Å². The summed E-state index contributed by atoms with van der Waals surface area (Å²) >= 11 is 1.53. The SMILES string of the molecule is C=CC(=O)N1CCC[C@@H]1c1csc(Nc2ccc(C)cn2)n1. The number of aryl methyl sites for hydroxylation is 1. The molecule has 22 heavy (non-hydrogen) atoms. The van der Waals surface area contributed by atoms with Crippen LogP contribution in [0.3, 0.4) is 0 Å². The van der Waals surface area contributed by atoms with Gasteiger partial charge in [-0.25, -0.2) is 9.97 Å². The predicted octanol–water partition coefficient (Wildman–Crippen LogP) is 3.44. The summed E-state index contributed by atoms with van der Waals surface area (Å²) in [6.07, 6.45) is 5.15. The maximum absolute atomic E-state index is 11.9. The molecule has 3 heterocycles. The minimum absolute atomic E-state index is 0.0230. The lowest BCUT2D eigenvalue weighted by atomic mass is 10.2. The van der Waals surface area contributed by atoms with Crippen LogP contribution in [0.5, 0.6) is 0 Å². The van der Waals surface area contributed by atoms with E-state index in [1.165, 1.54) is 17.4 Å². The Kier molecular flexibility index (Phi) is 4.20. The monoisotopic (exact) mass is 314 g/mol. The molecule has 3 rings (SSSR count). The molecule has 0 radical (unpaired) electrons. The average Bonchev–Trinajstić information content (AvgIpc) is 3.17. The van der Waals surface area contributed by atoms with Crippen LogP contribution in [0.25, 0.3) is 0 Å². The third-order valence-electron chi connectivity index (χ3n) is 3.72. The number of amides is 1. The highest BCUT2D eigenvalue weighted by Crippen LogP contribution is 2.34. The van der Waals surface area contributed by atoms with Crippen LogP contribution in [-0.4, -0.2) is 27.3 Å². The van der Waals surface area contributed by atoms with Crippen molar-refractivity contribution in [3.63, 3.8) is 0 Å². The van der Waals surface area contributed by atoms with E-state index in [0.29, 0.717) is 0 Å². The molecule has 114 valence electrons. The largest absolute Gasteiger partial charge is 0.331 e. The average molecular weight is 314 g/mol. The van der Waals surface area contributed by atoms with Crippen molar-refractivity contribution < 1.29 is 4.79 Å². The Morgan fingerprint density at radius 2 is 2.41 bits per heavy atom. The normalized spacial score (nSPS) is 17.5. The fourth-order valence-electron chi connectivity index (χ4n) is 2.60. The number of carbonyl (C=O) groups excluding carboxylic acids is 1. The van der Waals surface area contributed by atoms with E-state index in [1.54, 1.807) is 0 Å². The molecule has 1 atom stereocenters. The first-order valence-electron chi connectivity index (χ1n) is 7.25. The van der Waals surface area contributed by atoms with Crippen LogP contribution in [0.1, 0.15) is 30.1 Å². The van der Waals surface area contributed by atoms with Gasteiger partial charge in [0.2, 0.25) is 5.91 Å². The number of carbonyl (C=O) groups is 1. The molecule has 0 saturated carbocycles. The van der Waals surface area contributed by atoms with Crippen molar-refractivity contribution >= 4 is 28.2 Å². The van der Waals surface area contributed by atoms with Gasteiger partial charge in [-0.15, -0.1) is 11.3 Å². The summed E-state index contributed by atoms with van der Waals surface area (Å²) in [6, 6.07) is 3.99.